The molecule has 1 aliphatic carbocycles. The van der Waals surface area contributed by atoms with Crippen LogP contribution in [0.15, 0.2) is 30.3 Å². The zero-order valence-electron chi connectivity index (χ0n) is 8.34. The quantitative estimate of drug-likeness (QED) is 0.828. The van der Waals surface area contributed by atoms with Crippen LogP contribution in [0.4, 0.5) is 13.2 Å². The molecular weight excluding hydrogens is 219 g/mol. The van der Waals surface area contributed by atoms with Crippen molar-refractivity contribution in [1.29, 1.82) is 0 Å². The van der Waals surface area contributed by atoms with E-state index < -0.39 is 17.6 Å². The Bertz CT molecular complexity index is 395. The molecule has 0 radical (unpaired) electrons. The van der Waals surface area contributed by atoms with E-state index in [1.54, 1.807) is 30.3 Å². The highest BCUT2D eigenvalue weighted by atomic mass is 19.4. The Morgan fingerprint density at radius 2 is 1.75 bits per heavy atom. The molecule has 1 aromatic carbocycles. The molecule has 1 aromatic rings. The summed E-state index contributed by atoms with van der Waals surface area (Å²) in [6, 6.07) is 8.72. The van der Waals surface area contributed by atoms with Crippen LogP contribution in [-0.4, -0.2) is 12.1 Å². The highest BCUT2D eigenvalue weighted by molar-refractivity contribution is 5.83. The molecular formula is C11H10F3NO. The summed E-state index contributed by atoms with van der Waals surface area (Å²) in [5.74, 6) is -1.87. The van der Waals surface area contributed by atoms with Crippen molar-refractivity contribution in [2.75, 3.05) is 0 Å². The molecule has 0 aliphatic heterocycles. The van der Waals surface area contributed by atoms with Crippen molar-refractivity contribution in [3.8, 4) is 0 Å². The molecule has 0 unspecified atom stereocenters. The Morgan fingerprint density at radius 1 is 1.19 bits per heavy atom. The van der Waals surface area contributed by atoms with Crippen LogP contribution in [0.1, 0.15) is 18.4 Å². The fourth-order valence-electron chi connectivity index (χ4n) is 1.66. The van der Waals surface area contributed by atoms with E-state index in [1.165, 1.54) is 0 Å². The number of carbonyl (C=O) groups is 1. The minimum Gasteiger partial charge on any atom is -0.339 e. The minimum absolute atomic E-state index is 0.554. The van der Waals surface area contributed by atoms with Gasteiger partial charge in [0.05, 0.1) is 5.54 Å². The highest BCUT2D eigenvalue weighted by Crippen LogP contribution is 2.45. The van der Waals surface area contributed by atoms with Gasteiger partial charge in [-0.1, -0.05) is 30.3 Å². The molecule has 0 aromatic heterocycles. The van der Waals surface area contributed by atoms with Crippen LogP contribution >= 0.6 is 0 Å². The van der Waals surface area contributed by atoms with Crippen molar-refractivity contribution in [1.82, 2.24) is 5.32 Å². The lowest BCUT2D eigenvalue weighted by Crippen LogP contribution is -2.43. The number of halogens is 3. The Kier molecular flexibility index (Phi) is 2.40. The summed E-state index contributed by atoms with van der Waals surface area (Å²) >= 11 is 0. The average molecular weight is 229 g/mol. The fraction of sp³-hybridized carbons (Fsp3) is 0.364. The molecule has 0 atom stereocenters. The predicted molar refractivity (Wildman–Crippen MR) is 51.6 cm³/mol. The molecule has 0 bridgehead atoms. The minimum atomic E-state index is -4.82. The Balaban J connectivity index is 2.14. The van der Waals surface area contributed by atoms with E-state index in [9.17, 15) is 18.0 Å². The van der Waals surface area contributed by atoms with Crippen LogP contribution in [0.2, 0.25) is 0 Å². The van der Waals surface area contributed by atoms with Crippen LogP contribution in [-0.2, 0) is 10.3 Å². The summed E-state index contributed by atoms with van der Waals surface area (Å²) in [7, 11) is 0. The van der Waals surface area contributed by atoms with Crippen LogP contribution in [0.3, 0.4) is 0 Å². The molecule has 2 nitrogen and oxygen atoms in total. The number of carbonyl (C=O) groups excluding carboxylic acids is 1. The molecule has 1 fully saturated rings. The first-order valence-corrected chi connectivity index (χ1v) is 4.89. The molecule has 86 valence electrons. The molecule has 5 heteroatoms. The van der Waals surface area contributed by atoms with Crippen LogP contribution in [0.5, 0.6) is 0 Å². The van der Waals surface area contributed by atoms with E-state index in [2.05, 4.69) is 5.32 Å². The predicted octanol–water partition coefficient (Wildman–Crippen LogP) is 2.35. The number of rotatable bonds is 2. The molecule has 1 saturated carbocycles. The number of amides is 1. The summed E-state index contributed by atoms with van der Waals surface area (Å²) in [6.07, 6.45) is -3.71. The maximum absolute atomic E-state index is 12.1. The molecule has 1 aliphatic rings. The molecule has 0 heterocycles. The van der Waals surface area contributed by atoms with Crippen LogP contribution < -0.4 is 5.32 Å². The van der Waals surface area contributed by atoms with Crippen LogP contribution in [0.25, 0.3) is 0 Å². The molecule has 1 N–H and O–H groups in total. The van der Waals surface area contributed by atoms with E-state index >= 15 is 0 Å². The standard InChI is InChI=1S/C11H10F3NO/c12-11(13,14)9(16)15-10(6-7-10)8-4-2-1-3-5-8/h1-5H,6-7H2,(H,15,16). The fourth-order valence-corrected chi connectivity index (χ4v) is 1.66. The van der Waals surface area contributed by atoms with Crippen molar-refractivity contribution in [3.05, 3.63) is 35.9 Å². The first kappa shape index (κ1) is 11.0. The zero-order valence-corrected chi connectivity index (χ0v) is 8.34. The smallest absolute Gasteiger partial charge is 0.339 e. The zero-order chi connectivity index (χ0) is 11.8. The lowest BCUT2D eigenvalue weighted by molar-refractivity contribution is -0.174. The van der Waals surface area contributed by atoms with E-state index in [1.807, 2.05) is 0 Å². The van der Waals surface area contributed by atoms with Gasteiger partial charge >= 0.3 is 12.1 Å². The summed E-state index contributed by atoms with van der Waals surface area (Å²) in [4.78, 5) is 10.9. The van der Waals surface area contributed by atoms with Gasteiger partial charge in [-0.2, -0.15) is 13.2 Å². The van der Waals surface area contributed by atoms with Gasteiger partial charge in [-0.3, -0.25) is 4.79 Å². The topological polar surface area (TPSA) is 29.1 Å². The lowest BCUT2D eigenvalue weighted by Gasteiger charge is -2.18. The summed E-state index contributed by atoms with van der Waals surface area (Å²) in [5.41, 5.74) is -0.0685. The number of alkyl halides is 3. The second-order valence-electron chi connectivity index (χ2n) is 3.90. The third-order valence-corrected chi connectivity index (χ3v) is 2.69. The number of hydrogen-bond acceptors (Lipinski definition) is 1. The Morgan fingerprint density at radius 3 is 2.19 bits per heavy atom. The number of nitrogens with one attached hydrogen (secondary N) is 1. The van der Waals surface area contributed by atoms with E-state index in [-0.39, 0.29) is 0 Å². The van der Waals surface area contributed by atoms with Gasteiger partial charge in [0.15, 0.2) is 0 Å². The monoisotopic (exact) mass is 229 g/mol. The summed E-state index contributed by atoms with van der Waals surface area (Å²) < 4.78 is 36.3. The van der Waals surface area contributed by atoms with Crippen molar-refractivity contribution in [2.45, 2.75) is 24.6 Å². The summed E-state index contributed by atoms with van der Waals surface area (Å²) in [6.45, 7) is 0. The van der Waals surface area contributed by atoms with E-state index in [4.69, 9.17) is 0 Å². The van der Waals surface area contributed by atoms with Gasteiger partial charge in [-0.15, -0.1) is 0 Å². The maximum atomic E-state index is 12.1. The van der Waals surface area contributed by atoms with Gasteiger partial charge in [-0.25, -0.2) is 0 Å². The highest BCUT2D eigenvalue weighted by Gasteiger charge is 2.50. The van der Waals surface area contributed by atoms with E-state index in [0.717, 1.165) is 5.56 Å². The van der Waals surface area contributed by atoms with E-state index in [0.29, 0.717) is 12.8 Å². The molecule has 0 saturated heterocycles. The van der Waals surface area contributed by atoms with Gasteiger partial charge in [0, 0.05) is 0 Å². The number of benzene rings is 1. The third-order valence-electron chi connectivity index (χ3n) is 2.69. The van der Waals surface area contributed by atoms with Gasteiger partial charge in [0.25, 0.3) is 0 Å². The SMILES string of the molecule is O=C(NC1(c2ccccc2)CC1)C(F)(F)F. The lowest BCUT2D eigenvalue weighted by atomic mass is 10.1. The Hall–Kier alpha value is -1.52. The molecule has 0 spiro atoms. The molecule has 2 rings (SSSR count). The average Bonchev–Trinajstić information content (AvgIpc) is 2.99. The van der Waals surface area contributed by atoms with Gasteiger partial charge in [-0.05, 0) is 18.4 Å². The first-order valence-electron chi connectivity index (χ1n) is 4.89. The maximum Gasteiger partial charge on any atom is 0.471 e. The third kappa shape index (κ3) is 2.03. The molecule has 16 heavy (non-hydrogen) atoms. The summed E-state index contributed by atoms with van der Waals surface area (Å²) in [5, 5.41) is 2.06. The van der Waals surface area contributed by atoms with Crippen molar-refractivity contribution >= 4 is 5.91 Å². The van der Waals surface area contributed by atoms with Gasteiger partial charge in [0.1, 0.15) is 0 Å². The largest absolute Gasteiger partial charge is 0.471 e. The normalized spacial score (nSPS) is 17.9. The Labute approximate surface area is 90.5 Å². The van der Waals surface area contributed by atoms with Gasteiger partial charge < -0.3 is 5.32 Å². The van der Waals surface area contributed by atoms with Gasteiger partial charge in [0.2, 0.25) is 0 Å². The van der Waals surface area contributed by atoms with Crippen LogP contribution in [0, 0.1) is 0 Å². The second-order valence-corrected chi connectivity index (χ2v) is 3.90. The second kappa shape index (κ2) is 3.50. The van der Waals surface area contributed by atoms with Crippen molar-refractivity contribution in [2.24, 2.45) is 0 Å². The van der Waals surface area contributed by atoms with Crippen molar-refractivity contribution in [3.63, 3.8) is 0 Å². The van der Waals surface area contributed by atoms with Crippen molar-refractivity contribution < 1.29 is 18.0 Å². The molecule has 1 amide bonds. The number of hydrogen-bond donors (Lipinski definition) is 1. The first-order chi connectivity index (χ1) is 7.44.